The van der Waals surface area contributed by atoms with Gasteiger partial charge < -0.3 is 9.73 Å². The lowest BCUT2D eigenvalue weighted by atomic mass is 10.1. The van der Waals surface area contributed by atoms with Gasteiger partial charge in [0.05, 0.1) is 5.02 Å². The van der Waals surface area contributed by atoms with E-state index in [2.05, 4.69) is 33.2 Å². The SMILES string of the molecule is CCNCc1ncoc1-c1ccc(Br)c(Cl)c1. The average Bonchev–Trinajstić information content (AvgIpc) is 2.78. The molecule has 17 heavy (non-hydrogen) atoms. The van der Waals surface area contributed by atoms with Gasteiger partial charge in [0.2, 0.25) is 0 Å². The van der Waals surface area contributed by atoms with Gasteiger partial charge in [0, 0.05) is 16.6 Å². The second-order valence-corrected chi connectivity index (χ2v) is 4.80. The fraction of sp³-hybridized carbons (Fsp3) is 0.250. The zero-order chi connectivity index (χ0) is 12.3. The van der Waals surface area contributed by atoms with E-state index in [1.807, 2.05) is 18.2 Å². The standard InChI is InChI=1S/C12H12BrClN2O/c1-2-15-6-11-12(17-7-16-11)8-3-4-9(13)10(14)5-8/h3-5,7,15H,2,6H2,1H3. The Labute approximate surface area is 113 Å². The van der Waals surface area contributed by atoms with Gasteiger partial charge in [0.1, 0.15) is 5.69 Å². The van der Waals surface area contributed by atoms with Crippen LogP contribution in [0.5, 0.6) is 0 Å². The van der Waals surface area contributed by atoms with E-state index in [0.29, 0.717) is 11.6 Å². The number of hydrogen-bond donors (Lipinski definition) is 1. The summed E-state index contributed by atoms with van der Waals surface area (Å²) in [6.45, 7) is 3.64. The minimum absolute atomic E-state index is 0.660. The van der Waals surface area contributed by atoms with Crippen molar-refractivity contribution in [2.45, 2.75) is 13.5 Å². The first-order chi connectivity index (χ1) is 8.22. The van der Waals surface area contributed by atoms with Gasteiger partial charge in [-0.3, -0.25) is 0 Å². The van der Waals surface area contributed by atoms with Gasteiger partial charge >= 0.3 is 0 Å². The molecule has 0 spiro atoms. The molecule has 0 fully saturated rings. The van der Waals surface area contributed by atoms with Crippen molar-refractivity contribution in [3.05, 3.63) is 39.8 Å². The Kier molecular flexibility index (Phi) is 4.20. The Bertz CT molecular complexity index is 513. The largest absolute Gasteiger partial charge is 0.443 e. The van der Waals surface area contributed by atoms with Crippen molar-refractivity contribution in [3.63, 3.8) is 0 Å². The summed E-state index contributed by atoms with van der Waals surface area (Å²) in [6.07, 6.45) is 1.46. The molecule has 0 atom stereocenters. The zero-order valence-corrected chi connectivity index (χ0v) is 11.7. The van der Waals surface area contributed by atoms with Crippen LogP contribution in [-0.4, -0.2) is 11.5 Å². The highest BCUT2D eigenvalue weighted by atomic mass is 79.9. The number of benzene rings is 1. The number of aromatic nitrogens is 1. The summed E-state index contributed by atoms with van der Waals surface area (Å²) in [5.74, 6) is 0.764. The highest BCUT2D eigenvalue weighted by Gasteiger charge is 2.11. The van der Waals surface area contributed by atoms with Crippen molar-refractivity contribution in [1.29, 1.82) is 0 Å². The third kappa shape index (κ3) is 2.89. The van der Waals surface area contributed by atoms with Gasteiger partial charge in [-0.2, -0.15) is 0 Å². The smallest absolute Gasteiger partial charge is 0.181 e. The van der Waals surface area contributed by atoms with E-state index in [-0.39, 0.29) is 0 Å². The van der Waals surface area contributed by atoms with E-state index < -0.39 is 0 Å². The highest BCUT2D eigenvalue weighted by molar-refractivity contribution is 9.10. The Morgan fingerprint density at radius 3 is 3.00 bits per heavy atom. The van der Waals surface area contributed by atoms with Crippen molar-refractivity contribution in [1.82, 2.24) is 10.3 Å². The van der Waals surface area contributed by atoms with Crippen molar-refractivity contribution in [2.24, 2.45) is 0 Å². The van der Waals surface area contributed by atoms with Gasteiger partial charge in [-0.15, -0.1) is 0 Å². The molecule has 0 unspecified atom stereocenters. The first-order valence-corrected chi connectivity index (χ1v) is 6.48. The molecule has 0 aliphatic carbocycles. The van der Waals surface area contributed by atoms with Crippen LogP contribution >= 0.6 is 27.5 Å². The van der Waals surface area contributed by atoms with Crippen molar-refractivity contribution >= 4 is 27.5 Å². The van der Waals surface area contributed by atoms with Gasteiger partial charge in [-0.05, 0) is 40.7 Å². The van der Waals surface area contributed by atoms with E-state index in [9.17, 15) is 0 Å². The zero-order valence-electron chi connectivity index (χ0n) is 9.34. The molecule has 0 amide bonds. The van der Waals surface area contributed by atoms with Crippen LogP contribution in [-0.2, 0) is 6.54 Å². The second kappa shape index (κ2) is 5.67. The summed E-state index contributed by atoms with van der Waals surface area (Å²) >= 11 is 9.43. The lowest BCUT2D eigenvalue weighted by Crippen LogP contribution is -2.12. The molecule has 1 aromatic heterocycles. The summed E-state index contributed by atoms with van der Waals surface area (Å²) < 4.78 is 6.29. The monoisotopic (exact) mass is 314 g/mol. The number of rotatable bonds is 4. The predicted octanol–water partition coefficient (Wildman–Crippen LogP) is 3.87. The molecule has 0 saturated carbocycles. The van der Waals surface area contributed by atoms with Crippen LogP contribution in [0.1, 0.15) is 12.6 Å². The van der Waals surface area contributed by atoms with Gasteiger partial charge in [0.25, 0.3) is 0 Å². The molecular weight excluding hydrogens is 304 g/mol. The molecule has 1 aromatic carbocycles. The van der Waals surface area contributed by atoms with Crippen LogP contribution in [0, 0.1) is 0 Å². The van der Waals surface area contributed by atoms with Crippen LogP contribution < -0.4 is 5.32 Å². The van der Waals surface area contributed by atoms with Gasteiger partial charge in [0.15, 0.2) is 12.2 Å². The van der Waals surface area contributed by atoms with Crippen LogP contribution in [0.25, 0.3) is 11.3 Å². The van der Waals surface area contributed by atoms with E-state index in [1.165, 1.54) is 6.39 Å². The molecular formula is C12H12BrClN2O. The molecule has 3 nitrogen and oxygen atoms in total. The Balaban J connectivity index is 2.32. The minimum atomic E-state index is 0.660. The molecule has 2 rings (SSSR count). The number of hydrogen-bond acceptors (Lipinski definition) is 3. The van der Waals surface area contributed by atoms with Crippen molar-refractivity contribution < 1.29 is 4.42 Å². The number of nitrogens with zero attached hydrogens (tertiary/aromatic N) is 1. The van der Waals surface area contributed by atoms with Crippen molar-refractivity contribution in [2.75, 3.05) is 6.54 Å². The van der Waals surface area contributed by atoms with Crippen LogP contribution in [0.4, 0.5) is 0 Å². The van der Waals surface area contributed by atoms with Gasteiger partial charge in [-0.1, -0.05) is 18.5 Å². The van der Waals surface area contributed by atoms with Gasteiger partial charge in [-0.25, -0.2) is 4.98 Å². The topological polar surface area (TPSA) is 38.1 Å². The molecule has 90 valence electrons. The van der Waals surface area contributed by atoms with Crippen LogP contribution in [0.15, 0.2) is 33.5 Å². The minimum Gasteiger partial charge on any atom is -0.443 e. The highest BCUT2D eigenvalue weighted by Crippen LogP contribution is 2.30. The third-order valence-corrected chi connectivity index (χ3v) is 3.60. The van der Waals surface area contributed by atoms with E-state index in [4.69, 9.17) is 16.0 Å². The van der Waals surface area contributed by atoms with E-state index >= 15 is 0 Å². The molecule has 1 N–H and O–H groups in total. The maximum absolute atomic E-state index is 6.06. The Hall–Kier alpha value is -0.840. The number of nitrogens with one attached hydrogen (secondary N) is 1. The molecule has 0 aliphatic heterocycles. The first-order valence-electron chi connectivity index (χ1n) is 5.31. The maximum atomic E-state index is 6.06. The Morgan fingerprint density at radius 2 is 2.29 bits per heavy atom. The fourth-order valence-electron chi connectivity index (χ4n) is 1.51. The molecule has 0 bridgehead atoms. The number of oxazole rings is 1. The summed E-state index contributed by atoms with van der Waals surface area (Å²) in [6, 6.07) is 5.71. The molecule has 0 radical (unpaired) electrons. The maximum Gasteiger partial charge on any atom is 0.181 e. The normalized spacial score (nSPS) is 10.8. The summed E-state index contributed by atoms with van der Waals surface area (Å²) in [4.78, 5) is 4.20. The summed E-state index contributed by atoms with van der Waals surface area (Å²) in [5.41, 5.74) is 1.83. The molecule has 0 saturated heterocycles. The Morgan fingerprint density at radius 1 is 1.47 bits per heavy atom. The number of halogens is 2. The lowest BCUT2D eigenvalue weighted by Gasteiger charge is -2.03. The molecule has 0 aliphatic rings. The van der Waals surface area contributed by atoms with E-state index in [1.54, 1.807) is 0 Å². The van der Waals surface area contributed by atoms with Crippen molar-refractivity contribution in [3.8, 4) is 11.3 Å². The molecule has 1 heterocycles. The van der Waals surface area contributed by atoms with Crippen LogP contribution in [0.2, 0.25) is 5.02 Å². The predicted molar refractivity (Wildman–Crippen MR) is 72.0 cm³/mol. The molecule has 2 aromatic rings. The van der Waals surface area contributed by atoms with E-state index in [0.717, 1.165) is 28.0 Å². The summed E-state index contributed by atoms with van der Waals surface area (Å²) in [5, 5.41) is 3.88. The lowest BCUT2D eigenvalue weighted by molar-refractivity contribution is 0.570. The second-order valence-electron chi connectivity index (χ2n) is 3.54. The fourth-order valence-corrected chi connectivity index (χ4v) is 1.94. The first kappa shape index (κ1) is 12.6. The average molecular weight is 316 g/mol. The summed E-state index contributed by atoms with van der Waals surface area (Å²) in [7, 11) is 0. The molecule has 5 heteroatoms. The van der Waals surface area contributed by atoms with Crippen LogP contribution in [0.3, 0.4) is 0 Å². The quantitative estimate of drug-likeness (QED) is 0.931. The third-order valence-electron chi connectivity index (χ3n) is 2.37.